The van der Waals surface area contributed by atoms with Crippen LogP contribution < -0.4 is 10.9 Å². The molecular weight excluding hydrogens is 398 g/mol. The number of hydrogen-bond acceptors (Lipinski definition) is 7. The summed E-state index contributed by atoms with van der Waals surface area (Å²) in [7, 11) is -3.39. The number of furan rings is 1. The first kappa shape index (κ1) is 19.7. The lowest BCUT2D eigenvalue weighted by atomic mass is 10.0. The molecule has 154 valence electrons. The van der Waals surface area contributed by atoms with Crippen LogP contribution in [-0.4, -0.2) is 43.1 Å². The van der Waals surface area contributed by atoms with E-state index in [4.69, 9.17) is 8.83 Å². The number of aliphatic hydroxyl groups excluding tert-OH is 1. The van der Waals surface area contributed by atoms with Gasteiger partial charge in [-0.05, 0) is 38.0 Å². The van der Waals surface area contributed by atoms with Gasteiger partial charge in [-0.1, -0.05) is 0 Å². The summed E-state index contributed by atoms with van der Waals surface area (Å²) in [4.78, 5) is 24.9. The molecule has 0 aliphatic carbocycles. The number of carbonyl (C=O) groups is 1. The van der Waals surface area contributed by atoms with Gasteiger partial charge in [-0.25, -0.2) is 13.2 Å². The van der Waals surface area contributed by atoms with Gasteiger partial charge in [-0.3, -0.25) is 4.79 Å². The molecule has 0 spiro atoms. The highest BCUT2D eigenvalue weighted by Crippen LogP contribution is 2.31. The van der Waals surface area contributed by atoms with E-state index in [1.165, 1.54) is 0 Å². The van der Waals surface area contributed by atoms with Crippen molar-refractivity contribution in [2.45, 2.75) is 39.3 Å². The zero-order valence-corrected chi connectivity index (χ0v) is 17.1. The monoisotopic (exact) mass is 419 g/mol. The minimum atomic E-state index is -3.39. The second-order valence-corrected chi connectivity index (χ2v) is 9.77. The molecule has 2 aromatic heterocycles. The number of aryl methyl sites for hydroxylation is 3. The molecule has 2 atom stereocenters. The fourth-order valence-corrected chi connectivity index (χ4v) is 5.56. The van der Waals surface area contributed by atoms with Crippen molar-refractivity contribution in [1.82, 2.24) is 5.32 Å². The Morgan fingerprint density at radius 1 is 1.10 bits per heavy atom. The lowest BCUT2D eigenvalue weighted by Gasteiger charge is -2.15. The Morgan fingerprint density at radius 2 is 1.76 bits per heavy atom. The molecule has 9 heteroatoms. The molecule has 3 aromatic rings. The zero-order chi connectivity index (χ0) is 21.1. The maximum Gasteiger partial charge on any atom is 0.340 e. The van der Waals surface area contributed by atoms with E-state index >= 15 is 0 Å². The summed E-state index contributed by atoms with van der Waals surface area (Å²) in [6.45, 7) is 5.54. The van der Waals surface area contributed by atoms with Gasteiger partial charge in [0.15, 0.2) is 9.84 Å². The molecule has 1 aromatic carbocycles. The third kappa shape index (κ3) is 3.44. The Balaban J connectivity index is 1.68. The van der Waals surface area contributed by atoms with Crippen LogP contribution in [0.4, 0.5) is 0 Å². The van der Waals surface area contributed by atoms with Gasteiger partial charge in [-0.15, -0.1) is 0 Å². The van der Waals surface area contributed by atoms with Gasteiger partial charge in [0.25, 0.3) is 0 Å². The molecule has 3 heterocycles. The fourth-order valence-electron chi connectivity index (χ4n) is 3.81. The van der Waals surface area contributed by atoms with Crippen LogP contribution in [0.5, 0.6) is 0 Å². The van der Waals surface area contributed by atoms with Crippen LogP contribution in [-0.2, 0) is 21.1 Å². The lowest BCUT2D eigenvalue weighted by Crippen LogP contribution is -2.43. The number of carbonyl (C=O) groups excluding carboxylic acids is 1. The highest BCUT2D eigenvalue weighted by Gasteiger charge is 2.37. The second kappa shape index (κ2) is 6.70. The first-order valence-electron chi connectivity index (χ1n) is 9.19. The van der Waals surface area contributed by atoms with E-state index < -0.39 is 33.5 Å². The summed E-state index contributed by atoms with van der Waals surface area (Å²) >= 11 is 0. The van der Waals surface area contributed by atoms with Crippen molar-refractivity contribution in [2.75, 3.05) is 11.5 Å². The average Bonchev–Trinajstić information content (AvgIpc) is 3.04. The lowest BCUT2D eigenvalue weighted by molar-refractivity contribution is -0.121. The van der Waals surface area contributed by atoms with Crippen molar-refractivity contribution in [2.24, 2.45) is 0 Å². The summed E-state index contributed by atoms with van der Waals surface area (Å²) in [6.07, 6.45) is -1.42. The Kier molecular flexibility index (Phi) is 4.54. The molecule has 0 saturated carbocycles. The van der Waals surface area contributed by atoms with Crippen molar-refractivity contribution < 1.29 is 27.2 Å². The minimum absolute atomic E-state index is 0.197. The van der Waals surface area contributed by atoms with Crippen molar-refractivity contribution >= 4 is 37.7 Å². The molecule has 0 unspecified atom stereocenters. The molecule has 1 amide bonds. The van der Waals surface area contributed by atoms with Crippen LogP contribution in [0.25, 0.3) is 21.9 Å². The number of benzene rings is 1. The molecule has 1 aliphatic heterocycles. The van der Waals surface area contributed by atoms with Crippen LogP contribution >= 0.6 is 0 Å². The molecule has 1 aliphatic rings. The smallest absolute Gasteiger partial charge is 0.340 e. The van der Waals surface area contributed by atoms with Crippen molar-refractivity contribution in [1.29, 1.82) is 0 Å². The molecule has 29 heavy (non-hydrogen) atoms. The highest BCUT2D eigenvalue weighted by molar-refractivity contribution is 7.91. The number of sulfone groups is 1. The Hall–Kier alpha value is -2.65. The molecule has 2 N–H and O–H groups in total. The normalized spacial score (nSPS) is 21.1. The van der Waals surface area contributed by atoms with E-state index in [2.05, 4.69) is 5.32 Å². The predicted molar refractivity (Wildman–Crippen MR) is 107 cm³/mol. The molecule has 8 nitrogen and oxygen atoms in total. The van der Waals surface area contributed by atoms with Gasteiger partial charge in [0.05, 0.1) is 35.6 Å². The van der Waals surface area contributed by atoms with E-state index in [0.29, 0.717) is 22.1 Å². The van der Waals surface area contributed by atoms with Gasteiger partial charge in [0, 0.05) is 16.8 Å². The SMILES string of the molecule is Cc1oc2cc3oc(=O)c(CC(=O)N[C@H]4CS(=O)(=O)C[C@@H]4O)c(C)c3cc2c1C. The van der Waals surface area contributed by atoms with Crippen molar-refractivity contribution in [3.63, 3.8) is 0 Å². The maximum absolute atomic E-state index is 12.5. The molecule has 0 radical (unpaired) electrons. The largest absolute Gasteiger partial charge is 0.461 e. The summed E-state index contributed by atoms with van der Waals surface area (Å²) in [5, 5.41) is 14.0. The molecule has 0 bridgehead atoms. The van der Waals surface area contributed by atoms with Crippen LogP contribution in [0.3, 0.4) is 0 Å². The number of fused-ring (bicyclic) bond motifs is 2. The van der Waals surface area contributed by atoms with Crippen LogP contribution in [0, 0.1) is 20.8 Å². The Bertz CT molecular complexity index is 1320. The van der Waals surface area contributed by atoms with E-state index in [9.17, 15) is 23.1 Å². The van der Waals surface area contributed by atoms with E-state index in [-0.39, 0.29) is 23.5 Å². The predicted octanol–water partition coefficient (Wildman–Crippen LogP) is 1.28. The van der Waals surface area contributed by atoms with Crippen molar-refractivity contribution in [3.8, 4) is 0 Å². The summed E-state index contributed by atoms with van der Waals surface area (Å²) in [6, 6.07) is 2.67. The van der Waals surface area contributed by atoms with Gasteiger partial charge in [0.2, 0.25) is 5.91 Å². The first-order chi connectivity index (χ1) is 13.6. The van der Waals surface area contributed by atoms with Crippen LogP contribution in [0.1, 0.15) is 22.5 Å². The van der Waals surface area contributed by atoms with Crippen LogP contribution in [0.15, 0.2) is 25.8 Å². The molecular formula is C20H21NO7S. The minimum Gasteiger partial charge on any atom is -0.461 e. The summed E-state index contributed by atoms with van der Waals surface area (Å²) in [5.74, 6) is -0.464. The Morgan fingerprint density at radius 3 is 2.41 bits per heavy atom. The molecule has 1 saturated heterocycles. The van der Waals surface area contributed by atoms with Gasteiger partial charge < -0.3 is 19.3 Å². The maximum atomic E-state index is 12.5. The van der Waals surface area contributed by atoms with E-state index in [0.717, 1.165) is 16.7 Å². The van der Waals surface area contributed by atoms with Gasteiger partial charge in [-0.2, -0.15) is 0 Å². The summed E-state index contributed by atoms with van der Waals surface area (Å²) in [5.41, 5.74) is 2.16. The fraction of sp³-hybridized carbons (Fsp3) is 0.400. The third-order valence-corrected chi connectivity index (χ3v) is 7.31. The first-order valence-corrected chi connectivity index (χ1v) is 11.0. The molecule has 1 fully saturated rings. The molecule has 4 rings (SSSR count). The van der Waals surface area contributed by atoms with Crippen molar-refractivity contribution in [3.05, 3.63) is 45.0 Å². The topological polar surface area (TPSA) is 127 Å². The standard InChI is InChI=1S/C20H21NO7S/c1-9-11(3)27-17-6-18-13(4-12(9)17)10(2)14(20(24)28-18)5-19(23)21-15-7-29(25,26)8-16(15)22/h4,6,15-16,22H,5,7-8H2,1-3H3,(H,21,23)/t15-,16-/m0/s1. The summed E-state index contributed by atoms with van der Waals surface area (Å²) < 4.78 is 34.3. The van der Waals surface area contributed by atoms with E-state index in [1.807, 2.05) is 19.9 Å². The Labute approximate surface area is 166 Å². The third-order valence-electron chi connectivity index (χ3n) is 5.59. The zero-order valence-electron chi connectivity index (χ0n) is 16.2. The van der Waals surface area contributed by atoms with E-state index in [1.54, 1.807) is 13.0 Å². The number of hydrogen-bond donors (Lipinski definition) is 2. The number of rotatable bonds is 3. The average molecular weight is 419 g/mol. The highest BCUT2D eigenvalue weighted by atomic mass is 32.2. The van der Waals surface area contributed by atoms with Crippen LogP contribution in [0.2, 0.25) is 0 Å². The van der Waals surface area contributed by atoms with Gasteiger partial charge >= 0.3 is 5.63 Å². The number of aliphatic hydroxyl groups is 1. The second-order valence-electron chi connectivity index (χ2n) is 7.62. The number of amides is 1. The quantitative estimate of drug-likeness (QED) is 0.612. The van der Waals surface area contributed by atoms with Gasteiger partial charge in [0.1, 0.15) is 16.9 Å². The number of nitrogens with one attached hydrogen (secondary N) is 1.